The van der Waals surface area contributed by atoms with E-state index in [1.54, 1.807) is 6.07 Å². The van der Waals surface area contributed by atoms with Gasteiger partial charge < -0.3 is 40.0 Å². The molecular formula is C34H26F6N8O14. The molecule has 4 heterocycles. The molecule has 2 aromatic carbocycles. The van der Waals surface area contributed by atoms with Gasteiger partial charge in [-0.2, -0.15) is 31.6 Å². The highest BCUT2D eigenvalue weighted by Gasteiger charge is 2.49. The number of hydrogen-bond donors (Lipinski definition) is 1. The van der Waals surface area contributed by atoms with Gasteiger partial charge in [0, 0.05) is 23.2 Å². The molecule has 2 atom stereocenters. The van der Waals surface area contributed by atoms with Gasteiger partial charge in [-0.05, 0) is 20.9 Å². The summed E-state index contributed by atoms with van der Waals surface area (Å²) >= 11 is 0. The van der Waals surface area contributed by atoms with E-state index in [1.807, 2.05) is 60.7 Å². The van der Waals surface area contributed by atoms with Gasteiger partial charge in [0.15, 0.2) is 19.3 Å². The number of nitriles is 1. The molecular weight excluding hydrogens is 858 g/mol. The standard InChI is InChI=1S/C15H14N4O6.C15H12N4O5.C4F6O3/c16-15(21)14-12(18-25-19(14)22)8-23-13(20)7-10-6-11(17-24-10)9-4-2-1-3-5-9;16-8-14-13(18-24-19(14)21)9-22-15(20)7-11-6-12(17-23-11)10-4-2-1-3-5-10;5-3(6,7)1(11)13-2(12)4(8,9)10/h1-5,10H,6-8H2,(H2,16,21);1-5,11H,6-7,9H2;. The number of carbonyl (C=O) groups is 5. The number of rotatable bonds is 11. The lowest BCUT2D eigenvalue weighted by atomic mass is 10.0. The molecule has 62 heavy (non-hydrogen) atoms. The molecule has 0 fully saturated rings. The first-order valence-electron chi connectivity index (χ1n) is 16.9. The number of nitrogens with two attached hydrogens (primary N) is 1. The maximum atomic E-state index is 11.9. The number of halogens is 6. The first-order valence-corrected chi connectivity index (χ1v) is 16.9. The van der Waals surface area contributed by atoms with Gasteiger partial charge in [0.2, 0.25) is 0 Å². The number of primary amides is 1. The van der Waals surface area contributed by atoms with Gasteiger partial charge in [0.05, 0.1) is 24.3 Å². The Bertz CT molecular complexity index is 2320. The average Bonchev–Trinajstić information content (AvgIpc) is 4.04. The fraction of sp³-hybridized carbons (Fsp3) is 0.294. The number of aromatic nitrogens is 4. The fourth-order valence-corrected chi connectivity index (χ4v) is 4.74. The lowest BCUT2D eigenvalue weighted by molar-refractivity contribution is -0.804. The predicted octanol–water partition coefficient (Wildman–Crippen LogP) is 2.02. The van der Waals surface area contributed by atoms with Crippen molar-refractivity contribution in [2.75, 3.05) is 0 Å². The highest BCUT2D eigenvalue weighted by atomic mass is 19.4. The Morgan fingerprint density at radius 1 is 0.726 bits per heavy atom. The summed E-state index contributed by atoms with van der Waals surface area (Å²) in [7, 11) is 0. The molecule has 4 aromatic rings. The molecule has 328 valence electrons. The summed E-state index contributed by atoms with van der Waals surface area (Å²) in [5.41, 5.74) is 7.39. The van der Waals surface area contributed by atoms with E-state index in [4.69, 9.17) is 30.1 Å². The Morgan fingerprint density at radius 3 is 1.56 bits per heavy atom. The van der Waals surface area contributed by atoms with Crippen molar-refractivity contribution in [1.29, 1.82) is 5.26 Å². The Balaban J connectivity index is 0.000000216. The molecule has 2 unspecified atom stereocenters. The summed E-state index contributed by atoms with van der Waals surface area (Å²) in [5.74, 6) is -8.56. The summed E-state index contributed by atoms with van der Waals surface area (Å²) in [5, 5.41) is 45.7. The zero-order valence-corrected chi connectivity index (χ0v) is 30.9. The molecule has 2 aliphatic heterocycles. The first kappa shape index (κ1) is 46.6. The van der Waals surface area contributed by atoms with E-state index in [-0.39, 0.29) is 46.3 Å². The molecule has 2 aromatic heterocycles. The predicted molar refractivity (Wildman–Crippen MR) is 181 cm³/mol. The minimum atomic E-state index is -5.62. The number of ether oxygens (including phenoxy) is 3. The highest BCUT2D eigenvalue weighted by Crippen LogP contribution is 2.23. The molecule has 22 nitrogen and oxygen atoms in total. The molecule has 0 bridgehead atoms. The minimum Gasteiger partial charge on any atom is -0.456 e. The van der Waals surface area contributed by atoms with Crippen LogP contribution in [0.15, 0.2) is 80.2 Å². The third-order valence-corrected chi connectivity index (χ3v) is 7.56. The summed E-state index contributed by atoms with van der Waals surface area (Å²) in [4.78, 5) is 64.5. The maximum absolute atomic E-state index is 11.9. The van der Waals surface area contributed by atoms with Crippen LogP contribution in [0, 0.1) is 21.7 Å². The zero-order chi connectivity index (χ0) is 45.6. The molecule has 6 rings (SSSR count). The van der Waals surface area contributed by atoms with Crippen molar-refractivity contribution in [2.24, 2.45) is 16.0 Å². The molecule has 0 radical (unpaired) electrons. The fourth-order valence-electron chi connectivity index (χ4n) is 4.74. The van der Waals surface area contributed by atoms with Crippen LogP contribution in [-0.4, -0.2) is 76.1 Å². The second-order valence-electron chi connectivity index (χ2n) is 12.0. The molecule has 0 saturated heterocycles. The van der Waals surface area contributed by atoms with Crippen molar-refractivity contribution in [1.82, 2.24) is 10.3 Å². The number of esters is 4. The normalized spacial score (nSPS) is 15.4. The van der Waals surface area contributed by atoms with Crippen LogP contribution in [0.2, 0.25) is 0 Å². The van der Waals surface area contributed by atoms with Gasteiger partial charge in [-0.1, -0.05) is 71.0 Å². The minimum absolute atomic E-state index is 0.00303. The largest absolute Gasteiger partial charge is 0.491 e. The van der Waals surface area contributed by atoms with Crippen molar-refractivity contribution in [3.8, 4) is 6.07 Å². The number of oxime groups is 2. The van der Waals surface area contributed by atoms with E-state index in [9.17, 15) is 60.7 Å². The van der Waals surface area contributed by atoms with E-state index >= 15 is 0 Å². The number of amides is 1. The molecule has 28 heteroatoms. The quantitative estimate of drug-likeness (QED) is 0.0740. The van der Waals surface area contributed by atoms with Crippen molar-refractivity contribution < 1.29 is 93.3 Å². The second kappa shape index (κ2) is 20.7. The molecule has 0 saturated carbocycles. The smallest absolute Gasteiger partial charge is 0.456 e. The van der Waals surface area contributed by atoms with E-state index < -0.39 is 66.6 Å². The van der Waals surface area contributed by atoms with Crippen LogP contribution < -0.4 is 15.5 Å². The Morgan fingerprint density at radius 2 is 1.15 bits per heavy atom. The lowest BCUT2D eigenvalue weighted by Crippen LogP contribution is -2.35. The number of hydrogen-bond acceptors (Lipinski definition) is 19. The SMILES string of the molecule is N#Cc1c(COC(=O)CC2CC(c3ccccc3)=NO2)no[n+]1[O-].NC(=O)c1c(COC(=O)CC2CC(c3ccccc3)=NO2)no[n+]1[O-].O=C(OC(=O)C(F)(F)F)C(F)(F)F. The third kappa shape index (κ3) is 13.5. The van der Waals surface area contributed by atoms with Crippen LogP contribution in [0.1, 0.15) is 64.4 Å². The Hall–Kier alpha value is -8.12. The van der Waals surface area contributed by atoms with Gasteiger partial charge in [-0.25, -0.2) is 9.59 Å². The Kier molecular flexibility index (Phi) is 15.6. The van der Waals surface area contributed by atoms with Gasteiger partial charge in [0.1, 0.15) is 12.2 Å². The third-order valence-electron chi connectivity index (χ3n) is 7.56. The number of nitrogens with zero attached hydrogens (tertiary/aromatic N) is 7. The lowest BCUT2D eigenvalue weighted by Gasteiger charge is -2.07. The first-order chi connectivity index (χ1) is 29.3. The zero-order valence-electron chi connectivity index (χ0n) is 30.9. The molecule has 2 N–H and O–H groups in total. The van der Waals surface area contributed by atoms with Crippen LogP contribution in [0.4, 0.5) is 26.3 Å². The van der Waals surface area contributed by atoms with Crippen LogP contribution in [0.5, 0.6) is 0 Å². The van der Waals surface area contributed by atoms with Crippen molar-refractivity contribution >= 4 is 41.2 Å². The van der Waals surface area contributed by atoms with Gasteiger partial charge in [-0.15, -0.1) is 0 Å². The van der Waals surface area contributed by atoms with E-state index in [2.05, 4.69) is 34.6 Å². The summed E-state index contributed by atoms with van der Waals surface area (Å²) < 4.78 is 88.2. The topological polar surface area (TPSA) is 312 Å². The molecule has 0 spiro atoms. The Labute approximate surface area is 340 Å². The summed E-state index contributed by atoms with van der Waals surface area (Å²) in [6.45, 7) is -0.728. The average molecular weight is 885 g/mol. The summed E-state index contributed by atoms with van der Waals surface area (Å²) in [6, 6.07) is 20.6. The molecule has 1 amide bonds. The van der Waals surface area contributed by atoms with E-state index in [0.29, 0.717) is 12.8 Å². The van der Waals surface area contributed by atoms with Crippen LogP contribution in [0.3, 0.4) is 0 Å². The summed E-state index contributed by atoms with van der Waals surface area (Å²) in [6.07, 6.45) is -11.2. The van der Waals surface area contributed by atoms with Crippen LogP contribution in [-0.2, 0) is 56.3 Å². The van der Waals surface area contributed by atoms with Crippen molar-refractivity contribution in [2.45, 2.75) is 63.5 Å². The molecule has 0 aliphatic carbocycles. The number of alkyl halides is 6. The van der Waals surface area contributed by atoms with Crippen molar-refractivity contribution in [3.05, 3.63) is 105 Å². The second-order valence-corrected chi connectivity index (χ2v) is 12.0. The van der Waals surface area contributed by atoms with Gasteiger partial charge in [-0.3, -0.25) is 23.6 Å². The van der Waals surface area contributed by atoms with Gasteiger partial charge in [0.25, 0.3) is 23.0 Å². The molecule has 2 aliphatic rings. The highest BCUT2D eigenvalue weighted by molar-refractivity contribution is 6.02. The monoisotopic (exact) mass is 884 g/mol. The van der Waals surface area contributed by atoms with Crippen LogP contribution in [0.25, 0.3) is 0 Å². The maximum Gasteiger partial charge on any atom is 0.491 e. The van der Waals surface area contributed by atoms with Crippen molar-refractivity contribution in [3.63, 3.8) is 0 Å². The van der Waals surface area contributed by atoms with Gasteiger partial charge >= 0.3 is 41.9 Å². The van der Waals surface area contributed by atoms with E-state index in [1.165, 1.54) is 0 Å². The van der Waals surface area contributed by atoms with Crippen LogP contribution >= 0.6 is 0 Å². The number of carbonyl (C=O) groups excluding carboxylic acids is 5. The van der Waals surface area contributed by atoms with E-state index in [0.717, 1.165) is 22.6 Å². The number of benzene rings is 2.